The fourth-order valence-corrected chi connectivity index (χ4v) is 3.03. The van der Waals surface area contributed by atoms with Crippen molar-refractivity contribution in [2.75, 3.05) is 5.01 Å². The second kappa shape index (κ2) is 8.18. The lowest BCUT2D eigenvalue weighted by Gasteiger charge is -2.30. The number of unbranched alkanes of at least 4 members (excludes halogenated alkanes) is 4. The van der Waals surface area contributed by atoms with E-state index in [1.807, 2.05) is 30.3 Å². The van der Waals surface area contributed by atoms with Gasteiger partial charge in [-0.1, -0.05) is 57.7 Å². The van der Waals surface area contributed by atoms with E-state index < -0.39 is 0 Å². The van der Waals surface area contributed by atoms with Crippen LogP contribution in [0.5, 0.6) is 0 Å². The summed E-state index contributed by atoms with van der Waals surface area (Å²) in [6.07, 6.45) is 9.05. The molecule has 122 valence electrons. The van der Waals surface area contributed by atoms with Crippen LogP contribution in [-0.4, -0.2) is 11.7 Å². The summed E-state index contributed by atoms with van der Waals surface area (Å²) >= 11 is 0. The smallest absolute Gasteiger partial charge is 0.317 e. The first-order chi connectivity index (χ1) is 10.7. The van der Waals surface area contributed by atoms with Gasteiger partial charge in [0, 0.05) is 0 Å². The lowest BCUT2D eigenvalue weighted by molar-refractivity contribution is 0.237. The van der Waals surface area contributed by atoms with Crippen LogP contribution in [0.4, 0.5) is 10.5 Å². The maximum atomic E-state index is 12.4. The van der Waals surface area contributed by atoms with Crippen LogP contribution in [-0.2, 0) is 0 Å². The summed E-state index contributed by atoms with van der Waals surface area (Å²) in [6.45, 7) is 4.42. The monoisotopic (exact) mass is 303 g/mol. The molecule has 1 aliphatic heterocycles. The summed E-state index contributed by atoms with van der Waals surface area (Å²) in [6, 6.07) is 9.75. The molecule has 0 aromatic heterocycles. The minimum atomic E-state index is -0.280. The first-order valence-electron chi connectivity index (χ1n) is 8.66. The number of para-hydroxylation sites is 1. The Labute approximate surface area is 134 Å². The van der Waals surface area contributed by atoms with Crippen molar-refractivity contribution in [1.29, 1.82) is 0 Å². The molecule has 1 fully saturated rings. The Kier molecular flexibility index (Phi) is 6.25. The molecule has 0 atom stereocenters. The van der Waals surface area contributed by atoms with Gasteiger partial charge in [0.05, 0.1) is 5.69 Å². The third-order valence-corrected chi connectivity index (χ3v) is 4.30. The predicted molar refractivity (Wildman–Crippen MR) is 91.6 cm³/mol. The molecule has 4 heteroatoms. The van der Waals surface area contributed by atoms with Crippen LogP contribution in [0, 0.1) is 0 Å². The van der Waals surface area contributed by atoms with E-state index in [9.17, 15) is 4.79 Å². The van der Waals surface area contributed by atoms with Crippen molar-refractivity contribution in [2.45, 2.75) is 70.9 Å². The van der Waals surface area contributed by atoms with Gasteiger partial charge < -0.3 is 5.32 Å². The molecular weight excluding hydrogens is 274 g/mol. The van der Waals surface area contributed by atoms with Crippen molar-refractivity contribution in [1.82, 2.24) is 10.7 Å². The highest BCUT2D eigenvalue weighted by Gasteiger charge is 2.41. The van der Waals surface area contributed by atoms with E-state index in [4.69, 9.17) is 0 Å². The number of nitrogens with one attached hydrogen (secondary N) is 2. The number of hydrogen-bond acceptors (Lipinski definition) is 2. The van der Waals surface area contributed by atoms with Gasteiger partial charge in [-0.2, -0.15) is 0 Å². The maximum Gasteiger partial charge on any atom is 0.338 e. The molecule has 0 aliphatic carbocycles. The number of hydrazine groups is 1. The number of urea groups is 1. The average Bonchev–Trinajstić information content (AvgIpc) is 2.86. The zero-order chi connectivity index (χ0) is 15.8. The van der Waals surface area contributed by atoms with Gasteiger partial charge in [-0.15, -0.1) is 0 Å². The molecule has 1 aromatic rings. The molecule has 1 aromatic carbocycles. The maximum absolute atomic E-state index is 12.4. The Morgan fingerprint density at radius 3 is 2.09 bits per heavy atom. The number of carbonyl (C=O) groups excluding carboxylic acids is 1. The van der Waals surface area contributed by atoms with Crippen molar-refractivity contribution < 1.29 is 4.79 Å². The van der Waals surface area contributed by atoms with Crippen LogP contribution >= 0.6 is 0 Å². The Bertz CT molecular complexity index is 451. The van der Waals surface area contributed by atoms with Crippen molar-refractivity contribution in [2.24, 2.45) is 0 Å². The van der Waals surface area contributed by atoms with E-state index in [0.29, 0.717) is 0 Å². The molecule has 0 radical (unpaired) electrons. The number of nitrogens with zero attached hydrogens (tertiary/aromatic N) is 1. The van der Waals surface area contributed by atoms with Crippen LogP contribution in [0.3, 0.4) is 0 Å². The zero-order valence-electron chi connectivity index (χ0n) is 13.9. The SMILES string of the molecule is CCCCCC1(CCCCC)NC(=O)N(c2ccccc2)N1. The van der Waals surface area contributed by atoms with Crippen LogP contribution in [0.1, 0.15) is 65.2 Å². The predicted octanol–water partition coefficient (Wildman–Crippen LogP) is 4.58. The van der Waals surface area contributed by atoms with Gasteiger partial charge in [0.1, 0.15) is 5.66 Å². The fraction of sp³-hybridized carbons (Fsp3) is 0.611. The minimum Gasteiger partial charge on any atom is -0.317 e. The molecule has 0 spiro atoms. The zero-order valence-corrected chi connectivity index (χ0v) is 13.9. The molecular formula is C18H29N3O. The first-order valence-corrected chi connectivity index (χ1v) is 8.66. The second-order valence-corrected chi connectivity index (χ2v) is 6.21. The van der Waals surface area contributed by atoms with E-state index in [-0.39, 0.29) is 11.7 Å². The van der Waals surface area contributed by atoms with E-state index in [2.05, 4.69) is 24.6 Å². The lowest BCUT2D eigenvalue weighted by atomic mass is 9.96. The van der Waals surface area contributed by atoms with Gasteiger partial charge in [-0.25, -0.2) is 15.2 Å². The summed E-state index contributed by atoms with van der Waals surface area (Å²) in [5.74, 6) is 0. The molecule has 0 saturated carbocycles. The largest absolute Gasteiger partial charge is 0.338 e. The quantitative estimate of drug-likeness (QED) is 0.656. The Morgan fingerprint density at radius 2 is 1.55 bits per heavy atom. The molecule has 1 aliphatic rings. The number of amides is 2. The van der Waals surface area contributed by atoms with Gasteiger partial charge in [0.2, 0.25) is 0 Å². The lowest BCUT2D eigenvalue weighted by Crippen LogP contribution is -2.51. The second-order valence-electron chi connectivity index (χ2n) is 6.21. The van der Waals surface area contributed by atoms with Gasteiger partial charge in [0.15, 0.2) is 0 Å². The average molecular weight is 303 g/mol. The van der Waals surface area contributed by atoms with Crippen LogP contribution < -0.4 is 15.8 Å². The van der Waals surface area contributed by atoms with E-state index in [0.717, 1.165) is 31.4 Å². The Hall–Kier alpha value is -1.55. The molecule has 22 heavy (non-hydrogen) atoms. The van der Waals surface area contributed by atoms with Gasteiger partial charge in [-0.3, -0.25) is 0 Å². The van der Waals surface area contributed by atoms with E-state index in [1.54, 1.807) is 5.01 Å². The van der Waals surface area contributed by atoms with Crippen molar-refractivity contribution in [3.63, 3.8) is 0 Å². The third-order valence-electron chi connectivity index (χ3n) is 4.30. The molecule has 0 unspecified atom stereocenters. The summed E-state index contributed by atoms with van der Waals surface area (Å²) in [5, 5.41) is 4.87. The van der Waals surface area contributed by atoms with Crippen molar-refractivity contribution >= 4 is 11.7 Å². The molecule has 1 saturated heterocycles. The molecule has 2 rings (SSSR count). The Morgan fingerprint density at radius 1 is 0.955 bits per heavy atom. The minimum absolute atomic E-state index is 0.0424. The van der Waals surface area contributed by atoms with Crippen molar-refractivity contribution in [3.05, 3.63) is 30.3 Å². The summed E-state index contributed by atoms with van der Waals surface area (Å²) < 4.78 is 0. The van der Waals surface area contributed by atoms with Crippen LogP contribution in [0.15, 0.2) is 30.3 Å². The Balaban J connectivity index is 2.07. The molecule has 4 nitrogen and oxygen atoms in total. The number of carbonyl (C=O) groups is 1. The van der Waals surface area contributed by atoms with Crippen molar-refractivity contribution in [3.8, 4) is 0 Å². The normalized spacial score (nSPS) is 16.8. The topological polar surface area (TPSA) is 44.4 Å². The number of hydrogen-bond donors (Lipinski definition) is 2. The molecule has 2 N–H and O–H groups in total. The summed E-state index contributed by atoms with van der Waals surface area (Å²) in [7, 11) is 0. The highest BCUT2D eigenvalue weighted by molar-refractivity contribution is 5.93. The third kappa shape index (κ3) is 4.23. The van der Waals surface area contributed by atoms with Gasteiger partial charge >= 0.3 is 6.03 Å². The van der Waals surface area contributed by atoms with E-state index in [1.165, 1.54) is 25.7 Å². The van der Waals surface area contributed by atoms with Gasteiger partial charge in [0.25, 0.3) is 0 Å². The molecule has 1 heterocycles. The van der Waals surface area contributed by atoms with Crippen LogP contribution in [0.25, 0.3) is 0 Å². The number of rotatable bonds is 9. The number of benzene rings is 1. The number of anilines is 1. The highest BCUT2D eigenvalue weighted by Crippen LogP contribution is 2.27. The highest BCUT2D eigenvalue weighted by atomic mass is 16.2. The summed E-state index contributed by atoms with van der Waals surface area (Å²) in [5.41, 5.74) is 4.08. The molecule has 2 amide bonds. The standard InChI is InChI=1S/C18H29N3O/c1-3-5-10-14-18(15-11-6-4-2)19-17(22)21(20-18)16-12-8-7-9-13-16/h7-9,12-13,20H,3-6,10-11,14-15H2,1-2H3,(H,19,22). The molecule has 0 bridgehead atoms. The first kappa shape index (κ1) is 16.8. The fourth-order valence-electron chi connectivity index (χ4n) is 3.03. The van der Waals surface area contributed by atoms with Gasteiger partial charge in [-0.05, 0) is 37.8 Å². The van der Waals surface area contributed by atoms with E-state index >= 15 is 0 Å². The van der Waals surface area contributed by atoms with Crippen LogP contribution in [0.2, 0.25) is 0 Å². The summed E-state index contributed by atoms with van der Waals surface area (Å²) in [4.78, 5) is 12.4.